The van der Waals surface area contributed by atoms with E-state index in [4.69, 9.17) is 0 Å². The molecule has 27 heavy (non-hydrogen) atoms. The third kappa shape index (κ3) is 5.79. The lowest BCUT2D eigenvalue weighted by atomic mass is 10.0. The van der Waals surface area contributed by atoms with Gasteiger partial charge in [-0.25, -0.2) is 0 Å². The molecule has 0 aromatic carbocycles. The van der Waals surface area contributed by atoms with Crippen molar-refractivity contribution in [2.24, 2.45) is 5.92 Å². The largest absolute Gasteiger partial charge is 0.353 e. The van der Waals surface area contributed by atoms with Crippen molar-refractivity contribution in [3.05, 3.63) is 24.5 Å². The SMILES string of the molecule is CC(C)CCC[C@@H](C)NC(=O)CSc1nnc(-c2cccnc2)n1C1CC1. The van der Waals surface area contributed by atoms with Crippen LogP contribution < -0.4 is 5.32 Å². The molecule has 1 atom stereocenters. The van der Waals surface area contributed by atoms with Crippen molar-refractivity contribution in [3.8, 4) is 11.4 Å². The monoisotopic (exact) mass is 387 g/mol. The quantitative estimate of drug-likeness (QED) is 0.622. The smallest absolute Gasteiger partial charge is 0.230 e. The molecular formula is C20H29N5OS. The fraction of sp³-hybridized carbons (Fsp3) is 0.600. The zero-order valence-corrected chi connectivity index (χ0v) is 17.2. The number of carbonyl (C=O) groups is 1. The van der Waals surface area contributed by atoms with E-state index < -0.39 is 0 Å². The summed E-state index contributed by atoms with van der Waals surface area (Å²) in [5.74, 6) is 1.99. The Labute approximate surface area is 165 Å². The number of hydrogen-bond acceptors (Lipinski definition) is 5. The van der Waals surface area contributed by atoms with Crippen LogP contribution in [0.5, 0.6) is 0 Å². The van der Waals surface area contributed by atoms with Crippen LogP contribution in [0.2, 0.25) is 0 Å². The van der Waals surface area contributed by atoms with Gasteiger partial charge in [0, 0.05) is 30.0 Å². The maximum atomic E-state index is 12.3. The number of rotatable bonds is 10. The van der Waals surface area contributed by atoms with E-state index in [2.05, 4.69) is 45.8 Å². The molecule has 1 aliphatic rings. The molecule has 1 fully saturated rings. The molecule has 6 nitrogen and oxygen atoms in total. The lowest BCUT2D eigenvalue weighted by Gasteiger charge is -2.14. The number of hydrogen-bond donors (Lipinski definition) is 1. The standard InChI is InChI=1S/C20H29N5OS/c1-14(2)6-4-7-15(3)22-18(26)13-27-20-24-23-19(25(20)17-9-10-17)16-8-5-11-21-12-16/h5,8,11-12,14-15,17H,4,6-7,9-10,13H2,1-3H3,(H,22,26)/t15-/m1/s1. The Kier molecular flexibility index (Phi) is 6.88. The van der Waals surface area contributed by atoms with Gasteiger partial charge in [-0.05, 0) is 44.2 Å². The molecule has 2 heterocycles. The predicted octanol–water partition coefficient (Wildman–Crippen LogP) is 4.10. The molecule has 1 amide bonds. The van der Waals surface area contributed by atoms with Gasteiger partial charge in [0.25, 0.3) is 0 Å². The summed E-state index contributed by atoms with van der Waals surface area (Å²) in [6, 6.07) is 4.55. The number of pyridine rings is 1. The average molecular weight is 388 g/mol. The van der Waals surface area contributed by atoms with Gasteiger partial charge in [0.05, 0.1) is 5.75 Å². The zero-order valence-electron chi connectivity index (χ0n) is 16.4. The summed E-state index contributed by atoms with van der Waals surface area (Å²) in [7, 11) is 0. The molecule has 0 radical (unpaired) electrons. The normalized spacial score (nSPS) is 15.1. The highest BCUT2D eigenvalue weighted by atomic mass is 32.2. The minimum Gasteiger partial charge on any atom is -0.353 e. The minimum absolute atomic E-state index is 0.0605. The Morgan fingerprint density at radius 2 is 2.11 bits per heavy atom. The van der Waals surface area contributed by atoms with Crippen LogP contribution in [0.3, 0.4) is 0 Å². The lowest BCUT2D eigenvalue weighted by molar-refractivity contribution is -0.119. The second-order valence-electron chi connectivity index (χ2n) is 7.73. The highest BCUT2D eigenvalue weighted by Gasteiger charge is 2.30. The Hall–Kier alpha value is -1.89. The summed E-state index contributed by atoms with van der Waals surface area (Å²) >= 11 is 1.47. The van der Waals surface area contributed by atoms with Gasteiger partial charge in [-0.1, -0.05) is 38.5 Å². The molecular weight excluding hydrogens is 358 g/mol. The summed E-state index contributed by atoms with van der Waals surface area (Å²) < 4.78 is 2.17. The maximum Gasteiger partial charge on any atom is 0.230 e. The van der Waals surface area contributed by atoms with Crippen LogP contribution in [0.15, 0.2) is 29.7 Å². The Balaban J connectivity index is 1.55. The van der Waals surface area contributed by atoms with E-state index in [0.717, 1.165) is 42.2 Å². The summed E-state index contributed by atoms with van der Waals surface area (Å²) in [6.45, 7) is 6.54. The molecule has 2 aromatic rings. The van der Waals surface area contributed by atoms with Gasteiger partial charge in [0.2, 0.25) is 5.91 Å². The predicted molar refractivity (Wildman–Crippen MR) is 109 cm³/mol. The van der Waals surface area contributed by atoms with Crippen molar-refractivity contribution < 1.29 is 4.79 Å². The lowest BCUT2D eigenvalue weighted by Crippen LogP contribution is -2.33. The van der Waals surface area contributed by atoms with Gasteiger partial charge >= 0.3 is 0 Å². The van der Waals surface area contributed by atoms with Crippen molar-refractivity contribution in [3.63, 3.8) is 0 Å². The third-order valence-electron chi connectivity index (χ3n) is 4.65. The van der Waals surface area contributed by atoms with E-state index in [1.807, 2.05) is 18.3 Å². The molecule has 2 aromatic heterocycles. The molecule has 0 spiro atoms. The van der Waals surface area contributed by atoms with Gasteiger partial charge in [-0.3, -0.25) is 14.3 Å². The minimum atomic E-state index is 0.0605. The van der Waals surface area contributed by atoms with Crippen LogP contribution in [0, 0.1) is 5.92 Å². The number of nitrogens with zero attached hydrogens (tertiary/aromatic N) is 4. The third-order valence-corrected chi connectivity index (χ3v) is 5.60. The first-order valence-corrected chi connectivity index (χ1v) is 10.8. The molecule has 1 aliphatic carbocycles. The first kappa shape index (κ1) is 19.9. The summed E-state index contributed by atoms with van der Waals surface area (Å²) in [4.78, 5) is 16.5. The molecule has 3 rings (SSSR count). The Morgan fingerprint density at radius 3 is 2.78 bits per heavy atom. The molecule has 0 bridgehead atoms. The van der Waals surface area contributed by atoms with Gasteiger partial charge in [0.15, 0.2) is 11.0 Å². The van der Waals surface area contributed by atoms with Crippen LogP contribution in [-0.2, 0) is 4.79 Å². The van der Waals surface area contributed by atoms with Crippen LogP contribution in [-0.4, -0.2) is 37.5 Å². The molecule has 1 N–H and O–H groups in total. The Morgan fingerprint density at radius 1 is 1.30 bits per heavy atom. The van der Waals surface area contributed by atoms with Crippen molar-refractivity contribution in [2.75, 3.05) is 5.75 Å². The first-order valence-electron chi connectivity index (χ1n) is 9.82. The fourth-order valence-corrected chi connectivity index (χ4v) is 3.90. The van der Waals surface area contributed by atoms with Gasteiger partial charge in [-0.2, -0.15) is 0 Å². The molecule has 0 aliphatic heterocycles. The van der Waals surface area contributed by atoms with E-state index in [1.165, 1.54) is 18.2 Å². The van der Waals surface area contributed by atoms with Gasteiger partial charge in [-0.15, -0.1) is 10.2 Å². The molecule has 146 valence electrons. The highest BCUT2D eigenvalue weighted by molar-refractivity contribution is 7.99. The average Bonchev–Trinajstić information content (AvgIpc) is 3.39. The van der Waals surface area contributed by atoms with Crippen LogP contribution in [0.1, 0.15) is 58.9 Å². The van der Waals surface area contributed by atoms with Crippen molar-refractivity contribution >= 4 is 17.7 Å². The molecule has 0 saturated heterocycles. The van der Waals surface area contributed by atoms with Crippen LogP contribution in [0.4, 0.5) is 0 Å². The zero-order chi connectivity index (χ0) is 19.2. The number of carbonyl (C=O) groups excluding carboxylic acids is 1. The van der Waals surface area contributed by atoms with Crippen molar-refractivity contribution in [1.82, 2.24) is 25.1 Å². The van der Waals surface area contributed by atoms with Crippen molar-refractivity contribution in [1.29, 1.82) is 0 Å². The fourth-order valence-electron chi connectivity index (χ4n) is 3.08. The molecule has 0 unspecified atom stereocenters. The van der Waals surface area contributed by atoms with E-state index >= 15 is 0 Å². The highest BCUT2D eigenvalue weighted by Crippen LogP contribution is 2.40. The van der Waals surface area contributed by atoms with E-state index in [-0.39, 0.29) is 11.9 Å². The Bertz CT molecular complexity index is 742. The molecule has 1 saturated carbocycles. The van der Waals surface area contributed by atoms with Gasteiger partial charge < -0.3 is 5.32 Å². The van der Waals surface area contributed by atoms with Gasteiger partial charge in [0.1, 0.15) is 0 Å². The van der Waals surface area contributed by atoms with Crippen molar-refractivity contribution in [2.45, 2.75) is 70.1 Å². The van der Waals surface area contributed by atoms with E-state index in [9.17, 15) is 4.79 Å². The summed E-state index contributed by atoms with van der Waals surface area (Å²) in [5, 5.41) is 12.6. The van der Waals surface area contributed by atoms with Crippen LogP contribution >= 0.6 is 11.8 Å². The first-order chi connectivity index (χ1) is 13.0. The summed E-state index contributed by atoms with van der Waals surface area (Å²) in [5.41, 5.74) is 0.965. The number of amides is 1. The van der Waals surface area contributed by atoms with Crippen LogP contribution in [0.25, 0.3) is 11.4 Å². The number of nitrogens with one attached hydrogen (secondary N) is 1. The number of aromatic nitrogens is 4. The maximum absolute atomic E-state index is 12.3. The number of thioether (sulfide) groups is 1. The second kappa shape index (κ2) is 9.35. The second-order valence-corrected chi connectivity index (χ2v) is 8.67. The molecule has 7 heteroatoms. The van der Waals surface area contributed by atoms with E-state index in [0.29, 0.717) is 17.7 Å². The topological polar surface area (TPSA) is 72.7 Å². The summed E-state index contributed by atoms with van der Waals surface area (Å²) in [6.07, 6.45) is 9.22. The van der Waals surface area contributed by atoms with E-state index in [1.54, 1.807) is 6.20 Å².